The summed E-state index contributed by atoms with van der Waals surface area (Å²) in [6.07, 6.45) is 10.8. The zero-order valence-electron chi connectivity index (χ0n) is 11.6. The van der Waals surface area contributed by atoms with Gasteiger partial charge in [0, 0.05) is 11.8 Å². The first-order chi connectivity index (χ1) is 9.69. The summed E-state index contributed by atoms with van der Waals surface area (Å²) in [6, 6.07) is 9.53. The fourth-order valence-corrected chi connectivity index (χ4v) is 1.55. The predicted molar refractivity (Wildman–Crippen MR) is 89.7 cm³/mol. The summed E-state index contributed by atoms with van der Waals surface area (Å²) in [7, 11) is 0. The highest BCUT2D eigenvalue weighted by Gasteiger charge is 1.97. The van der Waals surface area contributed by atoms with Gasteiger partial charge in [0.1, 0.15) is 0 Å². The summed E-state index contributed by atoms with van der Waals surface area (Å²) in [4.78, 5) is 4.48. The molecule has 0 saturated carbocycles. The van der Waals surface area contributed by atoms with Gasteiger partial charge in [0.2, 0.25) is 0 Å². The van der Waals surface area contributed by atoms with Crippen LogP contribution < -0.4 is 10.4 Å². The third-order valence-electron chi connectivity index (χ3n) is 2.50. The molecule has 1 nitrogen and oxygen atoms in total. The Morgan fingerprint density at radius 3 is 2.45 bits per heavy atom. The van der Waals surface area contributed by atoms with Crippen molar-refractivity contribution in [1.82, 2.24) is 4.98 Å². The first-order valence-corrected chi connectivity index (χ1v) is 6.28. The number of aromatic nitrogens is 1. The molecule has 0 aliphatic carbocycles. The second-order valence-electron chi connectivity index (χ2n) is 4.06. The van der Waals surface area contributed by atoms with E-state index in [9.17, 15) is 0 Å². The normalized spacial score (nSPS) is 10.9. The summed E-state index contributed by atoms with van der Waals surface area (Å²) >= 11 is 0. The Morgan fingerprint density at radius 2 is 1.75 bits per heavy atom. The third-order valence-corrected chi connectivity index (χ3v) is 2.50. The van der Waals surface area contributed by atoms with Crippen LogP contribution in [0.3, 0.4) is 0 Å². The van der Waals surface area contributed by atoms with Crippen LogP contribution in [0.4, 0.5) is 0 Å². The van der Waals surface area contributed by atoms with E-state index in [4.69, 9.17) is 0 Å². The predicted octanol–water partition coefficient (Wildman–Crippen LogP) is 3.34. The lowest BCUT2D eigenvalue weighted by atomic mass is 10.1. The van der Waals surface area contributed by atoms with Crippen LogP contribution in [0.25, 0.3) is 18.7 Å². The van der Waals surface area contributed by atoms with Crippen molar-refractivity contribution in [2.45, 2.75) is 0 Å². The SMILES string of the molecule is C=C/C=C\C(=C/C=C)c1nccc(=C)ccccc1=C. The van der Waals surface area contributed by atoms with Gasteiger partial charge in [-0.15, -0.1) is 0 Å². The molecule has 0 aliphatic rings. The maximum atomic E-state index is 4.48. The standard InChI is InChI=1S/C19H19N/c1-5-7-13-18(10-6-2)19-17(4)12-9-8-11-16(3)14-15-20-19/h5-15H,1-4H2/b11-8?,12-9?,13-7-,15-14?,18-10+,20-19?. The molecule has 0 aromatic carbocycles. The summed E-state index contributed by atoms with van der Waals surface area (Å²) in [5, 5.41) is 1.72. The van der Waals surface area contributed by atoms with Crippen LogP contribution in [-0.4, -0.2) is 4.98 Å². The maximum absolute atomic E-state index is 4.48. The van der Waals surface area contributed by atoms with Gasteiger partial charge in [-0.25, -0.2) is 0 Å². The van der Waals surface area contributed by atoms with Crippen LogP contribution in [0.2, 0.25) is 0 Å². The minimum absolute atomic E-state index is 0.790. The number of allylic oxidation sites excluding steroid dienone is 6. The average molecular weight is 261 g/mol. The highest BCUT2D eigenvalue weighted by Crippen LogP contribution is 2.08. The van der Waals surface area contributed by atoms with Crippen molar-refractivity contribution >= 4 is 18.7 Å². The van der Waals surface area contributed by atoms with E-state index in [1.165, 1.54) is 0 Å². The van der Waals surface area contributed by atoms with Gasteiger partial charge in [-0.1, -0.05) is 81.0 Å². The Balaban J connectivity index is 3.59. The molecule has 0 bridgehead atoms. The van der Waals surface area contributed by atoms with E-state index >= 15 is 0 Å². The summed E-state index contributed by atoms with van der Waals surface area (Å²) in [5.41, 5.74) is 1.72. The van der Waals surface area contributed by atoms with Gasteiger partial charge in [-0.3, -0.25) is 4.98 Å². The van der Waals surface area contributed by atoms with Crippen molar-refractivity contribution in [3.8, 4) is 0 Å². The Labute approximate surface area is 120 Å². The fraction of sp³-hybridized carbons (Fsp3) is 0. The van der Waals surface area contributed by atoms with E-state index < -0.39 is 0 Å². The summed E-state index contributed by atoms with van der Waals surface area (Å²) < 4.78 is 0. The third kappa shape index (κ3) is 4.91. The van der Waals surface area contributed by atoms with E-state index in [2.05, 4.69) is 31.3 Å². The first kappa shape index (κ1) is 15.4. The fourth-order valence-electron chi connectivity index (χ4n) is 1.55. The molecule has 0 atom stereocenters. The topological polar surface area (TPSA) is 12.9 Å². The summed E-state index contributed by atoms with van der Waals surface area (Å²) in [6.45, 7) is 15.4. The lowest BCUT2D eigenvalue weighted by Gasteiger charge is -1.99. The Hall–Kier alpha value is -2.67. The molecule has 1 rings (SSSR count). The van der Waals surface area contributed by atoms with Crippen LogP contribution in [0, 0.1) is 0 Å². The highest BCUT2D eigenvalue weighted by molar-refractivity contribution is 5.73. The molecule has 0 fully saturated rings. The van der Waals surface area contributed by atoms with E-state index in [1.807, 2.05) is 48.6 Å². The van der Waals surface area contributed by atoms with Crippen molar-refractivity contribution in [1.29, 1.82) is 0 Å². The second kappa shape index (κ2) is 8.44. The van der Waals surface area contributed by atoms with Crippen molar-refractivity contribution in [3.63, 3.8) is 0 Å². The zero-order chi connectivity index (χ0) is 14.8. The van der Waals surface area contributed by atoms with E-state index in [-0.39, 0.29) is 0 Å². The van der Waals surface area contributed by atoms with Gasteiger partial charge < -0.3 is 0 Å². The van der Waals surface area contributed by atoms with Gasteiger partial charge in [0.25, 0.3) is 0 Å². The van der Waals surface area contributed by atoms with Crippen molar-refractivity contribution in [2.75, 3.05) is 0 Å². The van der Waals surface area contributed by atoms with Gasteiger partial charge in [-0.05, 0) is 16.5 Å². The number of nitrogens with zero attached hydrogens (tertiary/aromatic N) is 1. The molecular formula is C19H19N. The molecular weight excluding hydrogens is 242 g/mol. The van der Waals surface area contributed by atoms with Crippen LogP contribution in [0.1, 0.15) is 5.69 Å². The molecule has 0 radical (unpaired) electrons. The van der Waals surface area contributed by atoms with Crippen LogP contribution in [0.15, 0.2) is 80.1 Å². The Kier molecular flexibility index (Phi) is 6.49. The largest absolute Gasteiger partial charge is 0.256 e. The number of hydrogen-bond acceptors (Lipinski definition) is 1. The molecule has 1 heteroatoms. The molecule has 0 N–H and O–H groups in total. The number of rotatable bonds is 4. The lowest BCUT2D eigenvalue weighted by Crippen LogP contribution is -2.05. The van der Waals surface area contributed by atoms with Crippen LogP contribution >= 0.6 is 0 Å². The smallest absolute Gasteiger partial charge is 0.0768 e. The van der Waals surface area contributed by atoms with Crippen molar-refractivity contribution in [3.05, 3.63) is 96.2 Å². The molecule has 1 heterocycles. The number of hydrogen-bond donors (Lipinski definition) is 0. The van der Waals surface area contributed by atoms with Crippen molar-refractivity contribution in [2.24, 2.45) is 0 Å². The lowest BCUT2D eigenvalue weighted by molar-refractivity contribution is 1.27. The minimum atomic E-state index is 0.790. The van der Waals surface area contributed by atoms with E-state index in [0.717, 1.165) is 21.7 Å². The molecule has 0 spiro atoms. The quantitative estimate of drug-likeness (QED) is 0.758. The molecule has 1 aromatic rings. The first-order valence-electron chi connectivity index (χ1n) is 6.28. The monoisotopic (exact) mass is 261 g/mol. The Morgan fingerprint density at radius 1 is 1.00 bits per heavy atom. The average Bonchev–Trinajstić information content (AvgIpc) is 2.44. The van der Waals surface area contributed by atoms with E-state index in [0.29, 0.717) is 0 Å². The summed E-state index contributed by atoms with van der Waals surface area (Å²) in [5.74, 6) is 0. The van der Waals surface area contributed by atoms with Gasteiger partial charge in [0.15, 0.2) is 0 Å². The minimum Gasteiger partial charge on any atom is -0.256 e. The maximum Gasteiger partial charge on any atom is 0.0768 e. The Bertz CT molecular complexity index is 692. The van der Waals surface area contributed by atoms with Gasteiger partial charge in [-0.2, -0.15) is 0 Å². The molecule has 0 saturated heterocycles. The van der Waals surface area contributed by atoms with Gasteiger partial charge >= 0.3 is 0 Å². The molecule has 0 amide bonds. The van der Waals surface area contributed by atoms with Crippen molar-refractivity contribution < 1.29 is 0 Å². The molecule has 20 heavy (non-hydrogen) atoms. The molecule has 100 valence electrons. The van der Waals surface area contributed by atoms with Crippen LogP contribution in [-0.2, 0) is 0 Å². The molecule has 0 unspecified atom stereocenters. The highest BCUT2D eigenvalue weighted by atomic mass is 14.7. The molecule has 1 aromatic heterocycles. The van der Waals surface area contributed by atoms with E-state index in [1.54, 1.807) is 18.3 Å². The second-order valence-corrected chi connectivity index (χ2v) is 4.06. The zero-order valence-corrected chi connectivity index (χ0v) is 11.6. The van der Waals surface area contributed by atoms with Crippen LogP contribution in [0.5, 0.6) is 0 Å². The van der Waals surface area contributed by atoms with Gasteiger partial charge in [0.05, 0.1) is 5.69 Å². The molecule has 0 aliphatic heterocycles.